The third kappa shape index (κ3) is 5.06. The van der Waals surface area contributed by atoms with Gasteiger partial charge in [-0.3, -0.25) is 9.59 Å². The van der Waals surface area contributed by atoms with E-state index in [0.29, 0.717) is 19.6 Å². The van der Waals surface area contributed by atoms with Crippen molar-refractivity contribution in [3.05, 3.63) is 29.8 Å². The van der Waals surface area contributed by atoms with Crippen molar-refractivity contribution in [1.82, 2.24) is 4.90 Å². The summed E-state index contributed by atoms with van der Waals surface area (Å²) in [7, 11) is 0. The van der Waals surface area contributed by atoms with Gasteiger partial charge in [-0.2, -0.15) is 0 Å². The molecule has 22 heavy (non-hydrogen) atoms. The Kier molecular flexibility index (Phi) is 6.89. The lowest BCUT2D eigenvalue weighted by Gasteiger charge is -2.29. The molecule has 0 aliphatic heterocycles. The number of benzene rings is 1. The normalized spacial score (nSPS) is 11.8. The Bertz CT molecular complexity index is 512. The predicted octanol–water partition coefficient (Wildman–Crippen LogP) is 2.39. The Hall–Kier alpha value is -2.04. The molecule has 1 unspecified atom stereocenters. The van der Waals surface area contributed by atoms with E-state index in [2.05, 4.69) is 0 Å². The van der Waals surface area contributed by atoms with E-state index in [-0.39, 0.29) is 12.5 Å². The number of rotatable bonds is 8. The van der Waals surface area contributed by atoms with Gasteiger partial charge in [0, 0.05) is 25.3 Å². The van der Waals surface area contributed by atoms with Gasteiger partial charge in [0.05, 0.1) is 12.5 Å². The maximum absolute atomic E-state index is 12.4. The number of carbonyl (C=O) groups excluding carboxylic acids is 1. The van der Waals surface area contributed by atoms with Crippen molar-refractivity contribution < 1.29 is 14.7 Å². The molecule has 5 nitrogen and oxygen atoms in total. The SMILES string of the molecule is CCN(CC)C(=O)CN(CC(C)C(=O)O)c1cccc(C)c1. The van der Waals surface area contributed by atoms with Crippen molar-refractivity contribution in [1.29, 1.82) is 0 Å². The average Bonchev–Trinajstić information content (AvgIpc) is 2.47. The van der Waals surface area contributed by atoms with Crippen molar-refractivity contribution >= 4 is 17.6 Å². The number of amides is 1. The van der Waals surface area contributed by atoms with Crippen LogP contribution in [0.3, 0.4) is 0 Å². The second-order valence-electron chi connectivity index (χ2n) is 5.52. The second kappa shape index (κ2) is 8.41. The number of anilines is 1. The molecule has 1 rings (SSSR count). The summed E-state index contributed by atoms with van der Waals surface area (Å²) in [5, 5.41) is 9.15. The summed E-state index contributed by atoms with van der Waals surface area (Å²) in [5.41, 5.74) is 1.97. The predicted molar refractivity (Wildman–Crippen MR) is 88.1 cm³/mol. The van der Waals surface area contributed by atoms with Gasteiger partial charge >= 0.3 is 5.97 Å². The van der Waals surface area contributed by atoms with Crippen LogP contribution in [-0.4, -0.2) is 48.1 Å². The van der Waals surface area contributed by atoms with Gasteiger partial charge in [-0.05, 0) is 38.5 Å². The van der Waals surface area contributed by atoms with Crippen LogP contribution >= 0.6 is 0 Å². The lowest BCUT2D eigenvalue weighted by Crippen LogP contribution is -2.42. The van der Waals surface area contributed by atoms with E-state index in [9.17, 15) is 9.59 Å². The Morgan fingerprint density at radius 2 is 1.86 bits per heavy atom. The number of nitrogens with zero attached hydrogens (tertiary/aromatic N) is 2. The highest BCUT2D eigenvalue weighted by molar-refractivity contribution is 5.82. The quantitative estimate of drug-likeness (QED) is 0.801. The minimum Gasteiger partial charge on any atom is -0.481 e. The van der Waals surface area contributed by atoms with Crippen LogP contribution in [0.1, 0.15) is 26.3 Å². The highest BCUT2D eigenvalue weighted by atomic mass is 16.4. The average molecular weight is 306 g/mol. The molecule has 0 saturated heterocycles. The van der Waals surface area contributed by atoms with E-state index in [0.717, 1.165) is 11.3 Å². The first-order valence-electron chi connectivity index (χ1n) is 7.71. The molecule has 0 radical (unpaired) electrons. The van der Waals surface area contributed by atoms with E-state index in [1.165, 1.54) is 0 Å². The Labute approximate surface area is 132 Å². The van der Waals surface area contributed by atoms with E-state index in [4.69, 9.17) is 5.11 Å². The van der Waals surface area contributed by atoms with Gasteiger partial charge in [-0.25, -0.2) is 0 Å². The number of carboxylic acid groups (broad SMARTS) is 1. The molecule has 0 aliphatic rings. The smallest absolute Gasteiger partial charge is 0.308 e. The van der Waals surface area contributed by atoms with E-state index >= 15 is 0 Å². The molecule has 0 aromatic heterocycles. The molecule has 1 aromatic carbocycles. The molecule has 0 aliphatic carbocycles. The first kappa shape index (κ1) is 18.0. The molecule has 0 bridgehead atoms. The van der Waals surface area contributed by atoms with E-state index < -0.39 is 11.9 Å². The Balaban J connectivity index is 2.96. The molecule has 0 fully saturated rings. The summed E-state index contributed by atoms with van der Waals surface area (Å²) >= 11 is 0. The van der Waals surface area contributed by atoms with Crippen molar-refractivity contribution in [2.24, 2.45) is 5.92 Å². The monoisotopic (exact) mass is 306 g/mol. The number of hydrogen-bond donors (Lipinski definition) is 1. The summed E-state index contributed by atoms with van der Waals surface area (Å²) in [6, 6.07) is 7.79. The van der Waals surface area contributed by atoms with Gasteiger partial charge in [0.25, 0.3) is 0 Å². The minimum absolute atomic E-state index is 0.0177. The van der Waals surface area contributed by atoms with Gasteiger partial charge < -0.3 is 14.9 Å². The number of carbonyl (C=O) groups is 2. The van der Waals surface area contributed by atoms with Gasteiger partial charge in [-0.15, -0.1) is 0 Å². The Morgan fingerprint density at radius 3 is 2.36 bits per heavy atom. The van der Waals surface area contributed by atoms with Gasteiger partial charge in [0.1, 0.15) is 0 Å². The third-order valence-electron chi connectivity index (χ3n) is 3.72. The van der Waals surface area contributed by atoms with Crippen LogP contribution in [0.4, 0.5) is 5.69 Å². The topological polar surface area (TPSA) is 60.9 Å². The molecule has 0 saturated carbocycles. The molecule has 1 atom stereocenters. The van der Waals surface area contributed by atoms with E-state index in [1.54, 1.807) is 11.8 Å². The first-order valence-corrected chi connectivity index (χ1v) is 7.71. The lowest BCUT2D eigenvalue weighted by molar-refractivity contribution is -0.141. The molecule has 122 valence electrons. The van der Waals surface area contributed by atoms with Crippen LogP contribution in [0.25, 0.3) is 0 Å². The van der Waals surface area contributed by atoms with Crippen molar-refractivity contribution in [2.75, 3.05) is 31.1 Å². The van der Waals surface area contributed by atoms with Gasteiger partial charge in [0.2, 0.25) is 5.91 Å². The fourth-order valence-electron chi connectivity index (χ4n) is 2.33. The number of likely N-dealkylation sites (N-methyl/N-ethyl adjacent to an activating group) is 1. The third-order valence-corrected chi connectivity index (χ3v) is 3.72. The fourth-order valence-corrected chi connectivity index (χ4v) is 2.33. The van der Waals surface area contributed by atoms with Crippen molar-refractivity contribution in [3.8, 4) is 0 Å². The van der Waals surface area contributed by atoms with Crippen LogP contribution in [-0.2, 0) is 9.59 Å². The molecule has 0 heterocycles. The van der Waals surface area contributed by atoms with Crippen LogP contribution in [0, 0.1) is 12.8 Å². The zero-order chi connectivity index (χ0) is 16.7. The molecule has 1 amide bonds. The molecule has 0 spiro atoms. The molecule has 1 aromatic rings. The van der Waals surface area contributed by atoms with Gasteiger partial charge in [0.15, 0.2) is 0 Å². The van der Waals surface area contributed by atoms with Crippen LogP contribution < -0.4 is 4.90 Å². The number of aliphatic carboxylic acids is 1. The zero-order valence-corrected chi connectivity index (χ0v) is 13.9. The lowest BCUT2D eigenvalue weighted by atomic mass is 10.1. The van der Waals surface area contributed by atoms with Gasteiger partial charge in [-0.1, -0.05) is 19.1 Å². The molecular weight excluding hydrogens is 280 g/mol. The summed E-state index contributed by atoms with van der Waals surface area (Å²) in [4.78, 5) is 27.1. The maximum atomic E-state index is 12.4. The highest BCUT2D eigenvalue weighted by Crippen LogP contribution is 2.18. The first-order chi connectivity index (χ1) is 10.4. The van der Waals surface area contributed by atoms with Crippen LogP contribution in [0.5, 0.6) is 0 Å². The largest absolute Gasteiger partial charge is 0.481 e. The standard InChI is InChI=1S/C17H26N2O3/c1-5-18(6-2)16(20)12-19(11-14(4)17(21)22)15-9-7-8-13(3)10-15/h7-10,14H,5-6,11-12H2,1-4H3,(H,21,22). The summed E-state index contributed by atoms with van der Waals surface area (Å²) < 4.78 is 0. The molecular formula is C17H26N2O3. The maximum Gasteiger partial charge on any atom is 0.308 e. The second-order valence-corrected chi connectivity index (χ2v) is 5.52. The van der Waals surface area contributed by atoms with E-state index in [1.807, 2.05) is 49.9 Å². The van der Waals surface area contributed by atoms with Crippen molar-refractivity contribution in [2.45, 2.75) is 27.7 Å². The van der Waals surface area contributed by atoms with Crippen molar-refractivity contribution in [3.63, 3.8) is 0 Å². The molecule has 1 N–H and O–H groups in total. The highest BCUT2D eigenvalue weighted by Gasteiger charge is 2.20. The number of carboxylic acids is 1. The zero-order valence-electron chi connectivity index (χ0n) is 13.9. The summed E-state index contributed by atoms with van der Waals surface area (Å²) in [5.74, 6) is -1.37. The fraction of sp³-hybridized carbons (Fsp3) is 0.529. The summed E-state index contributed by atoms with van der Waals surface area (Å²) in [6.45, 7) is 9.35. The summed E-state index contributed by atoms with van der Waals surface area (Å²) in [6.07, 6.45) is 0. The van der Waals surface area contributed by atoms with Crippen LogP contribution in [0.15, 0.2) is 24.3 Å². The molecule has 5 heteroatoms. The minimum atomic E-state index is -0.854. The van der Waals surface area contributed by atoms with Crippen LogP contribution in [0.2, 0.25) is 0 Å². The number of hydrogen-bond acceptors (Lipinski definition) is 3. The number of aryl methyl sites for hydroxylation is 1. The Morgan fingerprint density at radius 1 is 1.23 bits per heavy atom.